The van der Waals surface area contributed by atoms with E-state index >= 15 is 0 Å². The third-order valence-electron chi connectivity index (χ3n) is 3.93. The third-order valence-corrected chi connectivity index (χ3v) is 3.93. The number of benzene rings is 1. The second-order valence-corrected chi connectivity index (χ2v) is 5.36. The first-order chi connectivity index (χ1) is 10.8. The molecular weight excluding hydrogens is 317 g/mol. The molecule has 0 radical (unpaired) electrons. The molecule has 4 nitrogen and oxygen atoms in total. The van der Waals surface area contributed by atoms with Crippen LogP contribution in [0.2, 0.25) is 0 Å². The van der Waals surface area contributed by atoms with Crippen LogP contribution < -0.4 is 5.32 Å². The molecule has 23 heavy (non-hydrogen) atoms. The lowest BCUT2D eigenvalue weighted by molar-refractivity contribution is -0.133. The molecule has 0 saturated carbocycles. The third kappa shape index (κ3) is 4.06. The molecule has 6 heteroatoms. The van der Waals surface area contributed by atoms with Crippen LogP contribution in [0.1, 0.15) is 17.2 Å². The van der Waals surface area contributed by atoms with E-state index in [9.17, 15) is 9.18 Å². The molecule has 1 unspecified atom stereocenters. The number of rotatable bonds is 3. The van der Waals surface area contributed by atoms with E-state index in [1.165, 1.54) is 6.07 Å². The summed E-state index contributed by atoms with van der Waals surface area (Å²) in [5.41, 5.74) is 1.44. The molecule has 1 fully saturated rings. The Morgan fingerprint density at radius 1 is 1.30 bits per heavy atom. The summed E-state index contributed by atoms with van der Waals surface area (Å²) in [4.78, 5) is 18.6. The number of nitrogens with one attached hydrogen (secondary N) is 1. The predicted octanol–water partition coefficient (Wildman–Crippen LogP) is 2.36. The predicted molar refractivity (Wildman–Crippen MR) is 88.9 cm³/mol. The van der Waals surface area contributed by atoms with Gasteiger partial charge in [0.05, 0.1) is 12.5 Å². The summed E-state index contributed by atoms with van der Waals surface area (Å²) in [6, 6.07) is 10.2. The minimum atomic E-state index is -0.330. The Bertz CT molecular complexity index is 653. The zero-order chi connectivity index (χ0) is 15.4. The van der Waals surface area contributed by atoms with Crippen LogP contribution in [-0.4, -0.2) is 35.4 Å². The van der Waals surface area contributed by atoms with Crippen molar-refractivity contribution in [3.8, 4) is 0 Å². The summed E-state index contributed by atoms with van der Waals surface area (Å²) in [5.74, 6) is -0.385. The molecule has 1 aromatic carbocycles. The van der Waals surface area contributed by atoms with Crippen molar-refractivity contribution in [2.45, 2.75) is 12.5 Å². The van der Waals surface area contributed by atoms with Crippen molar-refractivity contribution in [1.82, 2.24) is 15.2 Å². The van der Waals surface area contributed by atoms with Crippen LogP contribution in [0.15, 0.2) is 48.8 Å². The number of pyridine rings is 1. The van der Waals surface area contributed by atoms with E-state index in [4.69, 9.17) is 0 Å². The number of hydrogen-bond donors (Lipinski definition) is 1. The fourth-order valence-electron chi connectivity index (χ4n) is 2.78. The normalized spacial score (nSPS) is 17.4. The van der Waals surface area contributed by atoms with Gasteiger partial charge in [-0.2, -0.15) is 0 Å². The molecule has 1 aliphatic rings. The van der Waals surface area contributed by atoms with Gasteiger partial charge >= 0.3 is 0 Å². The minimum absolute atomic E-state index is 0. The molecule has 2 aromatic rings. The van der Waals surface area contributed by atoms with Gasteiger partial charge in [-0.05, 0) is 23.3 Å². The molecule has 0 spiro atoms. The summed E-state index contributed by atoms with van der Waals surface area (Å²) in [6.07, 6.45) is 3.58. The van der Waals surface area contributed by atoms with E-state index in [2.05, 4.69) is 10.3 Å². The summed E-state index contributed by atoms with van der Waals surface area (Å²) < 4.78 is 13.7. The first-order valence-corrected chi connectivity index (χ1v) is 7.39. The van der Waals surface area contributed by atoms with Gasteiger partial charge in [0.1, 0.15) is 5.82 Å². The molecule has 122 valence electrons. The Labute approximate surface area is 141 Å². The Morgan fingerprint density at radius 3 is 2.87 bits per heavy atom. The maximum Gasteiger partial charge on any atom is 0.227 e. The molecule has 0 aliphatic carbocycles. The van der Waals surface area contributed by atoms with Gasteiger partial charge in [-0.1, -0.05) is 24.3 Å². The monoisotopic (exact) mass is 335 g/mol. The van der Waals surface area contributed by atoms with Gasteiger partial charge in [0, 0.05) is 32.0 Å². The Balaban J connectivity index is 0.00000192. The van der Waals surface area contributed by atoms with Crippen molar-refractivity contribution in [2.75, 3.05) is 19.6 Å². The van der Waals surface area contributed by atoms with Crippen molar-refractivity contribution < 1.29 is 9.18 Å². The van der Waals surface area contributed by atoms with Gasteiger partial charge in [0.15, 0.2) is 0 Å². The molecule has 1 amide bonds. The van der Waals surface area contributed by atoms with Crippen molar-refractivity contribution in [2.24, 2.45) is 0 Å². The highest BCUT2D eigenvalue weighted by Crippen LogP contribution is 2.22. The first kappa shape index (κ1) is 17.4. The van der Waals surface area contributed by atoms with Crippen LogP contribution >= 0.6 is 12.4 Å². The van der Waals surface area contributed by atoms with E-state index in [1.807, 2.05) is 17.0 Å². The van der Waals surface area contributed by atoms with Crippen LogP contribution in [0.3, 0.4) is 0 Å². The summed E-state index contributed by atoms with van der Waals surface area (Å²) in [6.45, 7) is 2.06. The largest absolute Gasteiger partial charge is 0.333 e. The smallest absolute Gasteiger partial charge is 0.227 e. The van der Waals surface area contributed by atoms with Gasteiger partial charge in [-0.25, -0.2) is 4.39 Å². The lowest BCUT2D eigenvalue weighted by atomic mass is 10.0. The Morgan fingerprint density at radius 2 is 2.13 bits per heavy atom. The molecule has 1 aromatic heterocycles. The molecule has 0 bridgehead atoms. The standard InChI is InChI=1S/C17H18FN3O.ClH/c18-15-6-2-1-4-13(15)10-17(22)21-9-8-20-12-16(21)14-5-3-7-19-11-14;/h1-7,11,16,20H,8-10,12H2;1H. The second-order valence-electron chi connectivity index (χ2n) is 5.36. The van der Waals surface area contributed by atoms with E-state index < -0.39 is 0 Å². The van der Waals surface area contributed by atoms with Crippen LogP contribution in [-0.2, 0) is 11.2 Å². The number of hydrogen-bond acceptors (Lipinski definition) is 3. The van der Waals surface area contributed by atoms with Crippen LogP contribution in [0.5, 0.6) is 0 Å². The van der Waals surface area contributed by atoms with Crippen LogP contribution in [0.25, 0.3) is 0 Å². The lowest BCUT2D eigenvalue weighted by Gasteiger charge is -2.36. The Kier molecular flexibility index (Phi) is 6.07. The van der Waals surface area contributed by atoms with Crippen LogP contribution in [0, 0.1) is 5.82 Å². The van der Waals surface area contributed by atoms with Gasteiger partial charge in [0.2, 0.25) is 5.91 Å². The van der Waals surface area contributed by atoms with Gasteiger partial charge in [-0.15, -0.1) is 12.4 Å². The first-order valence-electron chi connectivity index (χ1n) is 7.39. The van der Waals surface area contributed by atoms with Crippen molar-refractivity contribution in [3.05, 3.63) is 65.7 Å². The topological polar surface area (TPSA) is 45.2 Å². The highest BCUT2D eigenvalue weighted by atomic mass is 35.5. The number of carbonyl (C=O) groups is 1. The van der Waals surface area contributed by atoms with Gasteiger partial charge < -0.3 is 10.2 Å². The lowest BCUT2D eigenvalue weighted by Crippen LogP contribution is -2.49. The molecular formula is C17H19ClFN3O. The number of nitrogens with zero attached hydrogens (tertiary/aromatic N) is 2. The second kappa shape index (κ2) is 8.04. The quantitative estimate of drug-likeness (QED) is 0.936. The highest BCUT2D eigenvalue weighted by molar-refractivity contribution is 5.85. The molecule has 2 heterocycles. The van der Waals surface area contributed by atoms with Gasteiger partial charge in [-0.3, -0.25) is 9.78 Å². The average molecular weight is 336 g/mol. The molecule has 1 aliphatic heterocycles. The number of piperazine rings is 1. The van der Waals surface area contributed by atoms with Crippen LogP contribution in [0.4, 0.5) is 4.39 Å². The Hall–Kier alpha value is -1.98. The van der Waals surface area contributed by atoms with Crippen molar-refractivity contribution in [3.63, 3.8) is 0 Å². The fraction of sp³-hybridized carbons (Fsp3) is 0.294. The van der Waals surface area contributed by atoms with E-state index in [-0.39, 0.29) is 36.6 Å². The summed E-state index contributed by atoms with van der Waals surface area (Å²) >= 11 is 0. The molecule has 1 N–H and O–H groups in total. The number of carbonyl (C=O) groups excluding carboxylic acids is 1. The zero-order valence-electron chi connectivity index (χ0n) is 12.6. The van der Waals surface area contributed by atoms with E-state index in [0.29, 0.717) is 18.7 Å². The van der Waals surface area contributed by atoms with Gasteiger partial charge in [0.25, 0.3) is 0 Å². The highest BCUT2D eigenvalue weighted by Gasteiger charge is 2.28. The van der Waals surface area contributed by atoms with Crippen molar-refractivity contribution in [1.29, 1.82) is 0 Å². The summed E-state index contributed by atoms with van der Waals surface area (Å²) in [7, 11) is 0. The number of halogens is 2. The maximum absolute atomic E-state index is 13.7. The number of aromatic nitrogens is 1. The summed E-state index contributed by atoms with van der Waals surface area (Å²) in [5, 5.41) is 3.30. The van der Waals surface area contributed by atoms with E-state index in [1.54, 1.807) is 30.6 Å². The molecule has 1 saturated heterocycles. The number of amides is 1. The SMILES string of the molecule is Cl.O=C(Cc1ccccc1F)N1CCNCC1c1cccnc1. The van der Waals surface area contributed by atoms with E-state index in [0.717, 1.165) is 12.1 Å². The zero-order valence-corrected chi connectivity index (χ0v) is 13.4. The molecule has 3 rings (SSSR count). The minimum Gasteiger partial charge on any atom is -0.333 e. The molecule has 1 atom stereocenters. The fourth-order valence-corrected chi connectivity index (χ4v) is 2.78. The maximum atomic E-state index is 13.7. The average Bonchev–Trinajstić information content (AvgIpc) is 2.58. The van der Waals surface area contributed by atoms with Crippen molar-refractivity contribution >= 4 is 18.3 Å².